The number of esters is 1. The topological polar surface area (TPSA) is 53.0 Å². The summed E-state index contributed by atoms with van der Waals surface area (Å²) in [4.78, 5) is 15.2. The fourth-order valence-corrected chi connectivity index (χ4v) is 1.31. The molecule has 5 nitrogen and oxygen atoms in total. The molecule has 76 valence electrons. The van der Waals surface area contributed by atoms with Gasteiger partial charge in [-0.2, -0.15) is 0 Å². The minimum absolute atomic E-state index is 0.286. The Hall–Kier alpha value is -0.650. The van der Waals surface area contributed by atoms with Crippen molar-refractivity contribution >= 4 is 5.97 Å². The van der Waals surface area contributed by atoms with Gasteiger partial charge in [0.2, 0.25) is 0 Å². The smallest absolute Gasteiger partial charge is 0.322 e. The molecule has 0 spiro atoms. The van der Waals surface area contributed by atoms with Gasteiger partial charge < -0.3 is 14.7 Å². The van der Waals surface area contributed by atoms with Crippen LogP contribution in [0.2, 0.25) is 0 Å². The van der Waals surface area contributed by atoms with Crippen LogP contribution in [0.3, 0.4) is 0 Å². The first-order valence-corrected chi connectivity index (χ1v) is 4.40. The van der Waals surface area contributed by atoms with E-state index in [2.05, 4.69) is 16.7 Å². The van der Waals surface area contributed by atoms with Crippen molar-refractivity contribution < 1.29 is 14.6 Å². The third-order valence-corrected chi connectivity index (χ3v) is 2.17. The highest BCUT2D eigenvalue weighted by Gasteiger charge is 2.16. The lowest BCUT2D eigenvalue weighted by Gasteiger charge is -2.31. The summed E-state index contributed by atoms with van der Waals surface area (Å²) >= 11 is 0. The van der Waals surface area contributed by atoms with Crippen molar-refractivity contribution in [1.82, 2.24) is 9.80 Å². The van der Waals surface area contributed by atoms with E-state index in [1.54, 1.807) is 0 Å². The molecule has 1 aliphatic heterocycles. The third-order valence-electron chi connectivity index (χ3n) is 2.17. The van der Waals surface area contributed by atoms with Crippen molar-refractivity contribution in [2.75, 3.05) is 46.6 Å². The van der Waals surface area contributed by atoms with E-state index in [0.717, 1.165) is 26.2 Å². The molecule has 0 aromatic heterocycles. The maximum atomic E-state index is 11.0. The van der Waals surface area contributed by atoms with Gasteiger partial charge in [-0.1, -0.05) is 0 Å². The number of likely N-dealkylation sites (N-methyl/N-ethyl adjacent to an activating group) is 1. The predicted octanol–water partition coefficient (Wildman–Crippen LogP) is -1.27. The van der Waals surface area contributed by atoms with Crippen LogP contribution in [0, 0.1) is 0 Å². The summed E-state index contributed by atoms with van der Waals surface area (Å²) in [6.45, 7) is 3.49. The Morgan fingerprint density at radius 2 is 2.00 bits per heavy atom. The normalized spacial score (nSPS) is 20.2. The van der Waals surface area contributed by atoms with Crippen LogP contribution < -0.4 is 0 Å². The van der Waals surface area contributed by atoms with Crippen molar-refractivity contribution in [2.24, 2.45) is 0 Å². The summed E-state index contributed by atoms with van der Waals surface area (Å²) in [7, 11) is 2.06. The van der Waals surface area contributed by atoms with Crippen LogP contribution in [0.5, 0.6) is 0 Å². The van der Waals surface area contributed by atoms with Crippen molar-refractivity contribution in [3.63, 3.8) is 0 Å². The summed E-state index contributed by atoms with van der Waals surface area (Å²) in [5.41, 5.74) is 0. The Morgan fingerprint density at radius 1 is 1.38 bits per heavy atom. The van der Waals surface area contributed by atoms with E-state index in [1.807, 2.05) is 4.90 Å². The maximum absolute atomic E-state index is 11.0. The van der Waals surface area contributed by atoms with E-state index < -0.39 is 6.79 Å². The number of aliphatic hydroxyl groups excluding tert-OH is 1. The van der Waals surface area contributed by atoms with E-state index in [9.17, 15) is 4.79 Å². The molecule has 1 saturated heterocycles. The van der Waals surface area contributed by atoms with Gasteiger partial charge in [-0.05, 0) is 7.05 Å². The summed E-state index contributed by atoms with van der Waals surface area (Å²) in [5.74, 6) is -0.355. The second-order valence-electron chi connectivity index (χ2n) is 3.22. The van der Waals surface area contributed by atoms with Gasteiger partial charge in [0, 0.05) is 26.2 Å². The lowest BCUT2D eigenvalue weighted by atomic mass is 10.3. The Bertz CT molecular complexity index is 167. The molecular formula is C8H16N2O3. The Kier molecular flexibility index (Phi) is 4.14. The third kappa shape index (κ3) is 3.71. The molecule has 1 N–H and O–H groups in total. The number of rotatable bonds is 3. The van der Waals surface area contributed by atoms with Crippen LogP contribution in [0.25, 0.3) is 0 Å². The summed E-state index contributed by atoms with van der Waals surface area (Å²) in [5, 5.41) is 8.34. The highest BCUT2D eigenvalue weighted by molar-refractivity contribution is 5.71. The van der Waals surface area contributed by atoms with E-state index in [4.69, 9.17) is 5.11 Å². The second kappa shape index (κ2) is 5.16. The number of aliphatic hydroxyl groups is 1. The number of nitrogens with zero attached hydrogens (tertiary/aromatic N) is 2. The van der Waals surface area contributed by atoms with Crippen molar-refractivity contribution in [1.29, 1.82) is 0 Å². The van der Waals surface area contributed by atoms with E-state index in [-0.39, 0.29) is 12.5 Å². The fraction of sp³-hybridized carbons (Fsp3) is 0.875. The Morgan fingerprint density at radius 3 is 2.54 bits per heavy atom. The fourth-order valence-electron chi connectivity index (χ4n) is 1.31. The number of hydrogen-bond acceptors (Lipinski definition) is 5. The van der Waals surface area contributed by atoms with E-state index in [0.29, 0.717) is 0 Å². The number of piperazine rings is 1. The zero-order valence-electron chi connectivity index (χ0n) is 7.90. The lowest BCUT2D eigenvalue weighted by Crippen LogP contribution is -2.46. The van der Waals surface area contributed by atoms with Crippen LogP contribution in [0.1, 0.15) is 0 Å². The molecule has 0 atom stereocenters. The average Bonchev–Trinajstić information content (AvgIpc) is 2.09. The monoisotopic (exact) mass is 188 g/mol. The first-order chi connectivity index (χ1) is 6.22. The van der Waals surface area contributed by atoms with Crippen molar-refractivity contribution in [2.45, 2.75) is 0 Å². The van der Waals surface area contributed by atoms with Crippen LogP contribution in [-0.4, -0.2) is 67.4 Å². The molecule has 0 unspecified atom stereocenters. The van der Waals surface area contributed by atoms with Gasteiger partial charge in [-0.15, -0.1) is 0 Å². The first-order valence-electron chi connectivity index (χ1n) is 4.40. The van der Waals surface area contributed by atoms with Gasteiger partial charge in [0.1, 0.15) is 0 Å². The highest BCUT2D eigenvalue weighted by atomic mass is 16.6. The molecular weight excluding hydrogens is 172 g/mol. The largest absolute Gasteiger partial charge is 0.438 e. The summed E-state index contributed by atoms with van der Waals surface area (Å²) < 4.78 is 4.43. The molecule has 13 heavy (non-hydrogen) atoms. The first kappa shape index (κ1) is 10.4. The molecule has 0 bridgehead atoms. The van der Waals surface area contributed by atoms with Gasteiger partial charge in [-0.3, -0.25) is 9.69 Å². The molecule has 0 aromatic rings. The van der Waals surface area contributed by atoms with E-state index in [1.165, 1.54) is 0 Å². The molecule has 1 rings (SSSR count). The van der Waals surface area contributed by atoms with Crippen LogP contribution >= 0.6 is 0 Å². The number of ether oxygens (including phenoxy) is 1. The number of carbonyl (C=O) groups excluding carboxylic acids is 1. The average molecular weight is 188 g/mol. The van der Waals surface area contributed by atoms with Crippen LogP contribution in [0.4, 0.5) is 0 Å². The minimum atomic E-state index is -0.521. The maximum Gasteiger partial charge on any atom is 0.322 e. The molecule has 5 heteroatoms. The SMILES string of the molecule is CN1CCN(CC(=O)OCO)CC1. The van der Waals surface area contributed by atoms with Crippen LogP contribution in [-0.2, 0) is 9.53 Å². The zero-order valence-corrected chi connectivity index (χ0v) is 7.90. The molecule has 0 amide bonds. The molecule has 1 aliphatic rings. The molecule has 1 fully saturated rings. The molecule has 0 radical (unpaired) electrons. The molecule has 0 aromatic carbocycles. The second-order valence-corrected chi connectivity index (χ2v) is 3.22. The van der Waals surface area contributed by atoms with Crippen molar-refractivity contribution in [3.8, 4) is 0 Å². The Labute approximate surface area is 77.9 Å². The standard InChI is InChI=1S/C8H16N2O3/c1-9-2-4-10(5-3-9)6-8(12)13-7-11/h11H,2-7H2,1H3. The van der Waals surface area contributed by atoms with Crippen LogP contribution in [0.15, 0.2) is 0 Å². The molecule has 1 heterocycles. The van der Waals surface area contributed by atoms with Gasteiger partial charge in [0.25, 0.3) is 0 Å². The number of hydrogen-bond donors (Lipinski definition) is 1. The van der Waals surface area contributed by atoms with E-state index >= 15 is 0 Å². The van der Waals surface area contributed by atoms with Gasteiger partial charge >= 0.3 is 5.97 Å². The van der Waals surface area contributed by atoms with Gasteiger partial charge in [0.05, 0.1) is 6.54 Å². The highest BCUT2D eigenvalue weighted by Crippen LogP contribution is 1.98. The number of carbonyl (C=O) groups is 1. The molecule has 0 saturated carbocycles. The zero-order chi connectivity index (χ0) is 9.68. The Balaban J connectivity index is 2.18. The van der Waals surface area contributed by atoms with Gasteiger partial charge in [0.15, 0.2) is 6.79 Å². The minimum Gasteiger partial charge on any atom is -0.438 e. The predicted molar refractivity (Wildman–Crippen MR) is 47.1 cm³/mol. The summed E-state index contributed by atoms with van der Waals surface area (Å²) in [6.07, 6.45) is 0. The van der Waals surface area contributed by atoms with Gasteiger partial charge in [-0.25, -0.2) is 0 Å². The lowest BCUT2D eigenvalue weighted by molar-refractivity contribution is -0.153. The summed E-state index contributed by atoms with van der Waals surface area (Å²) in [6, 6.07) is 0. The van der Waals surface area contributed by atoms with Crippen molar-refractivity contribution in [3.05, 3.63) is 0 Å². The molecule has 0 aliphatic carbocycles. The quantitative estimate of drug-likeness (QED) is 0.442.